The molecule has 1 aliphatic heterocycles. The topological polar surface area (TPSA) is 37.4 Å². The molecule has 1 saturated heterocycles. The lowest BCUT2D eigenvalue weighted by molar-refractivity contribution is -0.138. The van der Waals surface area contributed by atoms with Gasteiger partial charge in [-0.05, 0) is 18.4 Å². The molecule has 80 valence electrons. The van der Waals surface area contributed by atoms with Crippen LogP contribution in [0.15, 0.2) is 23.3 Å². The van der Waals surface area contributed by atoms with E-state index in [4.69, 9.17) is 11.6 Å². The molecular formula is C11H12ClNO2. The van der Waals surface area contributed by atoms with Gasteiger partial charge in [0.1, 0.15) is 0 Å². The highest BCUT2D eigenvalue weighted by Gasteiger charge is 2.47. The van der Waals surface area contributed by atoms with Crippen molar-refractivity contribution in [2.75, 3.05) is 7.05 Å². The second kappa shape index (κ2) is 3.49. The van der Waals surface area contributed by atoms with Crippen LogP contribution in [0, 0.1) is 11.8 Å². The second-order valence-electron chi connectivity index (χ2n) is 3.99. The van der Waals surface area contributed by atoms with Crippen molar-refractivity contribution in [3.63, 3.8) is 0 Å². The number of nitrogens with zero attached hydrogens (tertiary/aromatic N) is 1. The Bertz CT molecular complexity index is 386. The van der Waals surface area contributed by atoms with Gasteiger partial charge in [0, 0.05) is 12.1 Å². The molecule has 0 unspecified atom stereocenters. The van der Waals surface area contributed by atoms with Gasteiger partial charge >= 0.3 is 0 Å². The van der Waals surface area contributed by atoms with Crippen LogP contribution >= 0.6 is 11.6 Å². The fraction of sp³-hybridized carbons (Fsp3) is 0.455. The number of halogens is 1. The Hall–Kier alpha value is -1.09. The first-order valence-electron chi connectivity index (χ1n) is 4.87. The lowest BCUT2D eigenvalue weighted by Crippen LogP contribution is -2.26. The molecule has 0 spiro atoms. The van der Waals surface area contributed by atoms with Crippen LogP contribution in [0.5, 0.6) is 0 Å². The van der Waals surface area contributed by atoms with Crippen molar-refractivity contribution < 1.29 is 9.59 Å². The third-order valence-electron chi connectivity index (χ3n) is 3.22. The fourth-order valence-corrected chi connectivity index (χ4v) is 2.60. The summed E-state index contributed by atoms with van der Waals surface area (Å²) in [6.45, 7) is 3.66. The van der Waals surface area contributed by atoms with E-state index in [0.717, 1.165) is 5.57 Å². The molecule has 2 aliphatic rings. The molecule has 0 aromatic rings. The summed E-state index contributed by atoms with van der Waals surface area (Å²) in [4.78, 5) is 24.6. The number of likely N-dealkylation sites (tertiary alicyclic amines) is 1. The van der Waals surface area contributed by atoms with E-state index in [1.165, 1.54) is 11.9 Å². The van der Waals surface area contributed by atoms with Gasteiger partial charge in [0.15, 0.2) is 0 Å². The number of amides is 2. The Morgan fingerprint density at radius 2 is 1.87 bits per heavy atom. The van der Waals surface area contributed by atoms with Crippen LogP contribution in [-0.4, -0.2) is 23.8 Å². The minimum Gasteiger partial charge on any atom is -0.285 e. The number of carbonyl (C=O) groups is 2. The first kappa shape index (κ1) is 10.4. The van der Waals surface area contributed by atoms with Gasteiger partial charge in [0.05, 0.1) is 11.8 Å². The number of fused-ring (bicyclic) bond motifs is 1. The summed E-state index contributed by atoms with van der Waals surface area (Å²) in [6.07, 6.45) is 2.69. The van der Waals surface area contributed by atoms with Crippen LogP contribution < -0.4 is 0 Å². The molecule has 15 heavy (non-hydrogen) atoms. The standard InChI is InChI=1S/C11H12ClNO2/c1-3-6-4-7-8(5-9(6)12)11(15)13(2)10(7)14/h3,7-8H,1,4-5H2,2H3/t7-,8+/m0/s1. The van der Waals surface area contributed by atoms with E-state index >= 15 is 0 Å². The zero-order valence-electron chi connectivity index (χ0n) is 8.50. The average molecular weight is 226 g/mol. The Kier molecular flexibility index (Phi) is 2.43. The molecule has 0 bridgehead atoms. The van der Waals surface area contributed by atoms with Crippen molar-refractivity contribution in [2.24, 2.45) is 11.8 Å². The number of carbonyl (C=O) groups excluding carboxylic acids is 2. The summed E-state index contributed by atoms with van der Waals surface area (Å²) >= 11 is 6.04. The lowest BCUT2D eigenvalue weighted by Gasteiger charge is -2.22. The molecule has 0 saturated carbocycles. The van der Waals surface area contributed by atoms with Crippen LogP contribution in [0.1, 0.15) is 12.8 Å². The minimum absolute atomic E-state index is 0.0893. The molecule has 0 aromatic carbocycles. The predicted octanol–water partition coefficient (Wildman–Crippen LogP) is 1.69. The smallest absolute Gasteiger partial charge is 0.233 e. The number of rotatable bonds is 1. The van der Waals surface area contributed by atoms with Crippen molar-refractivity contribution in [3.05, 3.63) is 23.3 Å². The third-order valence-corrected chi connectivity index (χ3v) is 3.61. The molecule has 2 rings (SSSR count). The normalized spacial score (nSPS) is 30.9. The van der Waals surface area contributed by atoms with Crippen molar-refractivity contribution in [2.45, 2.75) is 12.8 Å². The summed E-state index contributed by atoms with van der Waals surface area (Å²) in [5.41, 5.74) is 0.898. The van der Waals surface area contributed by atoms with Gasteiger partial charge in [-0.25, -0.2) is 0 Å². The molecule has 4 heteroatoms. The highest BCUT2D eigenvalue weighted by molar-refractivity contribution is 6.30. The van der Waals surface area contributed by atoms with Gasteiger partial charge in [0.2, 0.25) is 11.8 Å². The van der Waals surface area contributed by atoms with Crippen molar-refractivity contribution in [1.82, 2.24) is 4.90 Å². The summed E-state index contributed by atoms with van der Waals surface area (Å²) in [5, 5.41) is 0.669. The van der Waals surface area contributed by atoms with E-state index in [2.05, 4.69) is 6.58 Å². The van der Waals surface area contributed by atoms with Gasteiger partial charge in [-0.1, -0.05) is 24.3 Å². The Morgan fingerprint density at radius 1 is 1.33 bits per heavy atom. The second-order valence-corrected chi connectivity index (χ2v) is 4.45. The van der Waals surface area contributed by atoms with Gasteiger partial charge in [-0.3, -0.25) is 14.5 Å². The monoisotopic (exact) mass is 225 g/mol. The molecule has 1 aliphatic carbocycles. The molecule has 1 fully saturated rings. The summed E-state index contributed by atoms with van der Waals surface area (Å²) in [6, 6.07) is 0. The highest BCUT2D eigenvalue weighted by Crippen LogP contribution is 2.41. The van der Waals surface area contributed by atoms with Crippen LogP contribution in [0.25, 0.3) is 0 Å². The quantitative estimate of drug-likeness (QED) is 0.637. The highest BCUT2D eigenvalue weighted by atomic mass is 35.5. The first-order valence-corrected chi connectivity index (χ1v) is 5.25. The number of hydrogen-bond donors (Lipinski definition) is 0. The van der Waals surface area contributed by atoms with Crippen LogP contribution in [0.2, 0.25) is 0 Å². The van der Waals surface area contributed by atoms with Gasteiger partial charge in [-0.2, -0.15) is 0 Å². The summed E-state index contributed by atoms with van der Waals surface area (Å²) in [5.74, 6) is -0.670. The Balaban J connectivity index is 2.35. The fourth-order valence-electron chi connectivity index (χ4n) is 2.28. The third kappa shape index (κ3) is 1.42. The lowest BCUT2D eigenvalue weighted by atomic mass is 9.81. The van der Waals surface area contributed by atoms with E-state index in [-0.39, 0.29) is 23.7 Å². The summed E-state index contributed by atoms with van der Waals surface area (Å²) in [7, 11) is 1.53. The van der Waals surface area contributed by atoms with E-state index in [0.29, 0.717) is 17.9 Å². The van der Waals surface area contributed by atoms with Crippen LogP contribution in [-0.2, 0) is 9.59 Å². The maximum Gasteiger partial charge on any atom is 0.233 e. The molecular weight excluding hydrogens is 214 g/mol. The average Bonchev–Trinajstić information content (AvgIpc) is 2.43. The number of hydrogen-bond acceptors (Lipinski definition) is 2. The maximum atomic E-state index is 11.7. The molecule has 1 heterocycles. The zero-order valence-corrected chi connectivity index (χ0v) is 9.25. The molecule has 2 amide bonds. The molecule has 0 radical (unpaired) electrons. The van der Waals surface area contributed by atoms with E-state index in [1.54, 1.807) is 6.08 Å². The van der Waals surface area contributed by atoms with Crippen molar-refractivity contribution in [3.8, 4) is 0 Å². The van der Waals surface area contributed by atoms with E-state index < -0.39 is 0 Å². The first-order chi connectivity index (χ1) is 7.06. The molecule has 2 atom stereocenters. The number of imide groups is 1. The van der Waals surface area contributed by atoms with E-state index in [9.17, 15) is 9.59 Å². The zero-order chi connectivity index (χ0) is 11.2. The van der Waals surface area contributed by atoms with Gasteiger partial charge in [0.25, 0.3) is 0 Å². The minimum atomic E-state index is -0.251. The molecule has 0 N–H and O–H groups in total. The summed E-state index contributed by atoms with van der Waals surface area (Å²) < 4.78 is 0. The maximum absolute atomic E-state index is 11.7. The van der Waals surface area contributed by atoms with Gasteiger partial charge in [-0.15, -0.1) is 0 Å². The van der Waals surface area contributed by atoms with Crippen LogP contribution in [0.3, 0.4) is 0 Å². The van der Waals surface area contributed by atoms with Crippen LogP contribution in [0.4, 0.5) is 0 Å². The van der Waals surface area contributed by atoms with Crippen molar-refractivity contribution in [1.29, 1.82) is 0 Å². The Morgan fingerprint density at radius 3 is 2.40 bits per heavy atom. The molecule has 0 aromatic heterocycles. The molecule has 3 nitrogen and oxygen atoms in total. The SMILES string of the molecule is C=CC1=C(Cl)C[C@H]2C(=O)N(C)C(=O)[C@H]2C1. The Labute approximate surface area is 93.4 Å². The van der Waals surface area contributed by atoms with Crippen molar-refractivity contribution >= 4 is 23.4 Å². The van der Waals surface area contributed by atoms with E-state index in [1.807, 2.05) is 0 Å². The van der Waals surface area contributed by atoms with Gasteiger partial charge < -0.3 is 0 Å². The predicted molar refractivity (Wildman–Crippen MR) is 57.1 cm³/mol. The number of allylic oxidation sites excluding steroid dienone is 3. The largest absolute Gasteiger partial charge is 0.285 e.